The van der Waals surface area contributed by atoms with E-state index in [4.69, 9.17) is 18.9 Å². The van der Waals surface area contributed by atoms with Crippen LogP contribution in [-0.2, 0) is 33.3 Å². The van der Waals surface area contributed by atoms with Gasteiger partial charge in [0.2, 0.25) is 0 Å². The molecule has 0 aliphatic rings. The Kier molecular flexibility index (Phi) is 52.3. The Morgan fingerprint density at radius 1 is 0.371 bits per heavy atom. The number of quaternary nitrogens is 1. The lowest BCUT2D eigenvalue weighted by Gasteiger charge is -2.25. The van der Waals surface area contributed by atoms with Crippen molar-refractivity contribution in [2.45, 2.75) is 328 Å². The van der Waals surface area contributed by atoms with Crippen LogP contribution in [0.1, 0.15) is 316 Å². The Labute approximate surface area is 434 Å². The van der Waals surface area contributed by atoms with Crippen molar-refractivity contribution in [2.24, 2.45) is 0 Å². The number of rotatable bonds is 58. The van der Waals surface area contributed by atoms with Gasteiger partial charge < -0.3 is 28.5 Å². The molecule has 0 heterocycles. The van der Waals surface area contributed by atoms with E-state index in [1.807, 2.05) is 21.1 Å². The van der Waals surface area contributed by atoms with E-state index in [0.717, 1.165) is 38.5 Å². The highest BCUT2D eigenvalue weighted by molar-refractivity contribution is 5.71. The topological polar surface area (TPSA) is 108 Å². The van der Waals surface area contributed by atoms with Crippen LogP contribution in [0.2, 0.25) is 0 Å². The molecule has 0 radical (unpaired) electrons. The van der Waals surface area contributed by atoms with Gasteiger partial charge in [-0.05, 0) is 12.8 Å². The van der Waals surface area contributed by atoms with Gasteiger partial charge in [-0.1, -0.05) is 290 Å². The number of carboxylic acids is 1. The van der Waals surface area contributed by atoms with Crippen molar-refractivity contribution in [3.8, 4) is 0 Å². The van der Waals surface area contributed by atoms with Crippen molar-refractivity contribution in [1.29, 1.82) is 0 Å². The van der Waals surface area contributed by atoms with Crippen LogP contribution in [0, 0.1) is 0 Å². The summed E-state index contributed by atoms with van der Waals surface area (Å²) in [6, 6.07) is 0. The number of hydrogen-bond acceptors (Lipinski definition) is 7. The maximum atomic E-state index is 12.8. The van der Waals surface area contributed by atoms with Crippen LogP contribution in [0.25, 0.3) is 0 Å². The minimum Gasteiger partial charge on any atom is -0.477 e. The molecular formula is C61H120NO8+. The number of carbonyl (C=O) groups is 3. The first-order valence-corrected chi connectivity index (χ1v) is 30.7. The fourth-order valence-electron chi connectivity index (χ4n) is 9.37. The molecule has 0 amide bonds. The molecule has 0 bridgehead atoms. The van der Waals surface area contributed by atoms with Gasteiger partial charge in [0.25, 0.3) is 6.29 Å². The van der Waals surface area contributed by atoms with Gasteiger partial charge in [0, 0.05) is 12.8 Å². The molecule has 9 heteroatoms. The van der Waals surface area contributed by atoms with E-state index in [1.54, 1.807) is 0 Å². The van der Waals surface area contributed by atoms with Crippen LogP contribution in [0.15, 0.2) is 0 Å². The third-order valence-electron chi connectivity index (χ3n) is 14.1. The van der Waals surface area contributed by atoms with Crippen LogP contribution >= 0.6 is 0 Å². The SMILES string of the molecule is CCCCCCCCCCCCCCCCCCCCCCCCCCCCCCCCCCCCCCCCCC(=O)OC(COC(=O)CCCCCCCC)COC(OCC[N+](C)(C)C)C(=O)O. The summed E-state index contributed by atoms with van der Waals surface area (Å²) in [5, 5.41) is 9.63. The Morgan fingerprint density at radius 3 is 0.914 bits per heavy atom. The number of unbranched alkanes of at least 4 members (excludes halogenated alkanes) is 43. The van der Waals surface area contributed by atoms with Crippen molar-refractivity contribution in [1.82, 2.24) is 0 Å². The zero-order chi connectivity index (χ0) is 51.3. The van der Waals surface area contributed by atoms with Gasteiger partial charge in [-0.25, -0.2) is 4.79 Å². The lowest BCUT2D eigenvalue weighted by Crippen LogP contribution is -2.40. The number of likely N-dealkylation sites (N-methyl/N-ethyl adjacent to an activating group) is 1. The highest BCUT2D eigenvalue weighted by atomic mass is 16.7. The molecule has 1 N–H and O–H groups in total. The molecule has 0 aromatic heterocycles. The minimum atomic E-state index is -1.50. The molecule has 2 unspecified atom stereocenters. The second-order valence-corrected chi connectivity index (χ2v) is 22.4. The fraction of sp³-hybridized carbons (Fsp3) is 0.951. The van der Waals surface area contributed by atoms with E-state index in [1.165, 1.54) is 250 Å². The highest BCUT2D eigenvalue weighted by Crippen LogP contribution is 2.19. The first kappa shape index (κ1) is 68.3. The molecule has 0 spiro atoms. The molecule has 416 valence electrons. The van der Waals surface area contributed by atoms with Crippen molar-refractivity contribution in [3.63, 3.8) is 0 Å². The third-order valence-corrected chi connectivity index (χ3v) is 14.1. The summed E-state index contributed by atoms with van der Waals surface area (Å²) < 4.78 is 22.7. The minimum absolute atomic E-state index is 0.175. The van der Waals surface area contributed by atoms with Crippen LogP contribution in [0.3, 0.4) is 0 Å². The summed E-state index contributed by atoms with van der Waals surface area (Å²) >= 11 is 0. The largest absolute Gasteiger partial charge is 0.477 e. The van der Waals surface area contributed by atoms with Crippen molar-refractivity contribution in [3.05, 3.63) is 0 Å². The van der Waals surface area contributed by atoms with Crippen molar-refractivity contribution in [2.75, 3.05) is 47.5 Å². The van der Waals surface area contributed by atoms with E-state index < -0.39 is 18.4 Å². The Hall–Kier alpha value is -1.71. The number of nitrogens with zero attached hydrogens (tertiary/aromatic N) is 1. The molecule has 0 fully saturated rings. The first-order chi connectivity index (χ1) is 34.1. The Morgan fingerprint density at radius 2 is 0.643 bits per heavy atom. The summed E-state index contributed by atoms with van der Waals surface area (Å²) in [4.78, 5) is 37.0. The Bertz CT molecular complexity index is 1110. The maximum Gasteiger partial charge on any atom is 0.361 e. The van der Waals surface area contributed by atoms with Crippen LogP contribution < -0.4 is 0 Å². The summed E-state index contributed by atoms with van der Waals surface area (Å²) in [6.07, 6.45) is 58.5. The normalized spacial score (nSPS) is 12.6. The summed E-state index contributed by atoms with van der Waals surface area (Å²) in [5.74, 6) is -1.99. The molecule has 0 aromatic carbocycles. The fourth-order valence-corrected chi connectivity index (χ4v) is 9.37. The van der Waals surface area contributed by atoms with E-state index in [-0.39, 0.29) is 38.2 Å². The molecule has 70 heavy (non-hydrogen) atoms. The van der Waals surface area contributed by atoms with Crippen LogP contribution in [0.4, 0.5) is 0 Å². The molecule has 0 aliphatic carbocycles. The van der Waals surface area contributed by atoms with Gasteiger partial charge in [-0.3, -0.25) is 9.59 Å². The number of hydrogen-bond donors (Lipinski definition) is 1. The zero-order valence-corrected chi connectivity index (χ0v) is 47.5. The predicted molar refractivity (Wildman–Crippen MR) is 295 cm³/mol. The summed E-state index contributed by atoms with van der Waals surface area (Å²) in [6.45, 7) is 4.85. The summed E-state index contributed by atoms with van der Waals surface area (Å²) in [7, 11) is 5.97. The van der Waals surface area contributed by atoms with Gasteiger partial charge in [0.1, 0.15) is 13.2 Å². The molecule has 0 saturated heterocycles. The first-order valence-electron chi connectivity index (χ1n) is 30.7. The molecule has 9 nitrogen and oxygen atoms in total. The monoisotopic (exact) mass is 995 g/mol. The number of carboxylic acid groups (broad SMARTS) is 1. The van der Waals surface area contributed by atoms with Gasteiger partial charge in [0.15, 0.2) is 6.10 Å². The smallest absolute Gasteiger partial charge is 0.361 e. The molecule has 0 rings (SSSR count). The number of carbonyl (C=O) groups excluding carboxylic acids is 2. The molecule has 0 saturated carbocycles. The Balaban J connectivity index is 3.73. The molecule has 0 aromatic rings. The van der Waals surface area contributed by atoms with E-state index in [0.29, 0.717) is 17.4 Å². The number of esters is 2. The quantitative estimate of drug-likeness (QED) is 0.0278. The number of ether oxygens (including phenoxy) is 4. The maximum absolute atomic E-state index is 12.8. The van der Waals surface area contributed by atoms with Crippen LogP contribution in [0.5, 0.6) is 0 Å². The predicted octanol–water partition coefficient (Wildman–Crippen LogP) is 18.0. The average molecular weight is 996 g/mol. The van der Waals surface area contributed by atoms with E-state index in [2.05, 4.69) is 13.8 Å². The summed E-state index contributed by atoms with van der Waals surface area (Å²) in [5.41, 5.74) is 0. The molecule has 2 atom stereocenters. The van der Waals surface area contributed by atoms with Crippen molar-refractivity contribution >= 4 is 17.9 Å². The highest BCUT2D eigenvalue weighted by Gasteiger charge is 2.25. The lowest BCUT2D eigenvalue weighted by atomic mass is 10.0. The number of aliphatic carboxylic acids is 1. The average Bonchev–Trinajstić information content (AvgIpc) is 3.33. The second kappa shape index (κ2) is 53.6. The van der Waals surface area contributed by atoms with E-state index >= 15 is 0 Å². The lowest BCUT2D eigenvalue weighted by molar-refractivity contribution is -0.870. The van der Waals surface area contributed by atoms with E-state index in [9.17, 15) is 19.5 Å². The molecular weight excluding hydrogens is 875 g/mol. The second-order valence-electron chi connectivity index (χ2n) is 22.4. The van der Waals surface area contributed by atoms with Crippen molar-refractivity contribution < 1.29 is 42.9 Å². The standard InChI is InChI=1S/C61H119NO8/c1-6-8-10-12-14-15-16-17-18-19-20-21-22-23-24-25-26-27-28-29-30-31-32-33-34-35-36-37-38-39-40-41-42-43-44-45-46-48-50-52-59(64)70-57(55-68-58(63)51-49-47-13-11-9-7-2)56-69-61(60(65)66)67-54-53-62(3,4)5/h57,61H,6-56H2,1-5H3/p+1. The third kappa shape index (κ3) is 54.1. The van der Waals surface area contributed by atoms with Gasteiger partial charge in [0.05, 0.1) is 34.4 Å². The molecule has 0 aliphatic heterocycles. The van der Waals surface area contributed by atoms with Crippen LogP contribution in [-0.4, -0.2) is 87.4 Å². The van der Waals surface area contributed by atoms with Gasteiger partial charge >= 0.3 is 17.9 Å². The zero-order valence-electron chi connectivity index (χ0n) is 47.5. The van der Waals surface area contributed by atoms with Gasteiger partial charge in [-0.15, -0.1) is 0 Å². The van der Waals surface area contributed by atoms with Gasteiger partial charge in [-0.2, -0.15) is 0 Å².